The SMILES string of the molecule is CCCCCCCCCCCCCCCC[N+]1(C)CCOCC1.Cc1ccc(S(=O)(=O)O)cc1. The molecule has 0 radical (unpaired) electrons. The van der Waals surface area contributed by atoms with Crippen molar-refractivity contribution in [1.29, 1.82) is 0 Å². The van der Waals surface area contributed by atoms with Crippen LogP contribution in [-0.4, -0.2) is 57.3 Å². The van der Waals surface area contributed by atoms with Gasteiger partial charge in [-0.3, -0.25) is 4.55 Å². The van der Waals surface area contributed by atoms with Crippen LogP contribution in [0, 0.1) is 6.92 Å². The lowest BCUT2D eigenvalue weighted by Crippen LogP contribution is -2.52. The van der Waals surface area contributed by atoms with Crippen LogP contribution in [0.15, 0.2) is 29.2 Å². The monoisotopic (exact) mass is 498 g/mol. The van der Waals surface area contributed by atoms with Crippen LogP contribution in [0.1, 0.15) is 102 Å². The number of quaternary nitrogens is 1. The smallest absolute Gasteiger partial charge is 0.294 e. The summed E-state index contributed by atoms with van der Waals surface area (Å²) in [4.78, 5) is -0.0666. The highest BCUT2D eigenvalue weighted by atomic mass is 32.2. The number of benzene rings is 1. The lowest BCUT2D eigenvalue weighted by Gasteiger charge is -2.37. The van der Waals surface area contributed by atoms with Crippen LogP contribution in [0.4, 0.5) is 0 Å². The number of ether oxygens (including phenoxy) is 1. The molecule has 1 aromatic carbocycles. The zero-order valence-electron chi connectivity index (χ0n) is 22.3. The number of aryl methyl sites for hydroxylation is 1. The molecule has 5 nitrogen and oxygen atoms in total. The van der Waals surface area contributed by atoms with Crippen LogP contribution in [0.2, 0.25) is 0 Å². The summed E-state index contributed by atoms with van der Waals surface area (Å²) in [6.45, 7) is 9.88. The van der Waals surface area contributed by atoms with Crippen LogP contribution in [0.5, 0.6) is 0 Å². The van der Waals surface area contributed by atoms with Gasteiger partial charge in [0.25, 0.3) is 10.1 Å². The summed E-state index contributed by atoms with van der Waals surface area (Å²) < 4.78 is 36.3. The number of unbranched alkanes of at least 4 members (excludes halogenated alkanes) is 13. The molecule has 0 atom stereocenters. The summed E-state index contributed by atoms with van der Waals surface area (Å²) in [5, 5.41) is 0. The Morgan fingerprint density at radius 1 is 0.765 bits per heavy atom. The number of hydrogen-bond donors (Lipinski definition) is 1. The maximum atomic E-state index is 10.5. The molecule has 1 N–H and O–H groups in total. The molecule has 6 heteroatoms. The van der Waals surface area contributed by atoms with Crippen molar-refractivity contribution in [1.82, 2.24) is 0 Å². The second-order valence-corrected chi connectivity index (χ2v) is 11.7. The first-order valence-electron chi connectivity index (χ1n) is 13.7. The summed E-state index contributed by atoms with van der Waals surface area (Å²) in [6.07, 6.45) is 20.3. The highest BCUT2D eigenvalue weighted by molar-refractivity contribution is 7.85. The van der Waals surface area contributed by atoms with Gasteiger partial charge in [-0.05, 0) is 31.9 Å². The van der Waals surface area contributed by atoms with Crippen molar-refractivity contribution < 1.29 is 22.2 Å². The van der Waals surface area contributed by atoms with E-state index in [4.69, 9.17) is 9.29 Å². The topological polar surface area (TPSA) is 63.6 Å². The highest BCUT2D eigenvalue weighted by Gasteiger charge is 2.24. The molecule has 198 valence electrons. The predicted octanol–water partition coefficient (Wildman–Crippen LogP) is 7.19. The van der Waals surface area contributed by atoms with Gasteiger partial charge in [-0.25, -0.2) is 0 Å². The van der Waals surface area contributed by atoms with Gasteiger partial charge in [-0.2, -0.15) is 8.42 Å². The molecular weight excluding hydrogens is 446 g/mol. The Bertz CT molecular complexity index is 712. The van der Waals surface area contributed by atoms with Gasteiger partial charge in [-0.15, -0.1) is 0 Å². The molecule has 1 saturated heterocycles. The molecule has 1 fully saturated rings. The summed E-state index contributed by atoms with van der Waals surface area (Å²) in [5.74, 6) is 0. The zero-order valence-corrected chi connectivity index (χ0v) is 23.1. The first-order chi connectivity index (χ1) is 16.3. The van der Waals surface area contributed by atoms with Crippen molar-refractivity contribution in [3.05, 3.63) is 29.8 Å². The number of rotatable bonds is 16. The Morgan fingerprint density at radius 3 is 1.59 bits per heavy atom. The van der Waals surface area contributed by atoms with E-state index in [-0.39, 0.29) is 4.90 Å². The van der Waals surface area contributed by atoms with Crippen molar-refractivity contribution in [2.24, 2.45) is 0 Å². The second kappa shape index (κ2) is 18.3. The minimum absolute atomic E-state index is 0.0666. The van der Waals surface area contributed by atoms with Crippen molar-refractivity contribution in [2.75, 3.05) is 39.9 Å². The molecule has 0 saturated carbocycles. The molecule has 1 aliphatic rings. The number of likely N-dealkylation sites (N-methyl/N-ethyl adjacent to an activating group) is 1. The maximum absolute atomic E-state index is 10.5. The second-order valence-electron chi connectivity index (χ2n) is 10.3. The summed E-state index contributed by atoms with van der Waals surface area (Å²) in [6, 6.07) is 5.99. The first-order valence-corrected chi connectivity index (χ1v) is 15.2. The molecule has 1 aromatic rings. The fraction of sp³-hybridized carbons (Fsp3) is 0.786. The van der Waals surface area contributed by atoms with Crippen LogP contribution >= 0.6 is 0 Å². The van der Waals surface area contributed by atoms with Gasteiger partial charge in [0.2, 0.25) is 0 Å². The fourth-order valence-electron chi connectivity index (χ4n) is 4.41. The van der Waals surface area contributed by atoms with E-state index in [1.54, 1.807) is 12.1 Å². The summed E-state index contributed by atoms with van der Waals surface area (Å²) in [7, 11) is -1.61. The van der Waals surface area contributed by atoms with E-state index >= 15 is 0 Å². The van der Waals surface area contributed by atoms with Crippen LogP contribution in [0.25, 0.3) is 0 Å². The van der Waals surface area contributed by atoms with Crippen molar-refractivity contribution >= 4 is 10.1 Å². The minimum Gasteiger partial charge on any atom is -0.370 e. The largest absolute Gasteiger partial charge is 0.370 e. The standard InChI is InChI=1S/C21H44NO.C7H8O3S/c1-3-4-5-6-7-8-9-10-11-12-13-14-15-16-17-22(2)18-20-23-21-19-22;1-6-2-4-7(5-3-6)11(8,9)10/h3-21H2,1-2H3;2-5H,1H3,(H,8,9,10)/q+1;. The minimum atomic E-state index is -4.02. The molecule has 0 bridgehead atoms. The normalized spacial score (nSPS) is 15.5. The fourth-order valence-corrected chi connectivity index (χ4v) is 4.89. The van der Waals surface area contributed by atoms with E-state index in [9.17, 15) is 8.42 Å². The van der Waals surface area contributed by atoms with Crippen LogP contribution < -0.4 is 0 Å². The van der Waals surface area contributed by atoms with E-state index in [2.05, 4.69) is 14.0 Å². The third-order valence-corrected chi connectivity index (χ3v) is 7.79. The van der Waals surface area contributed by atoms with E-state index in [1.165, 1.54) is 126 Å². The molecular formula is C28H52NO4S+. The molecule has 2 rings (SSSR count). The van der Waals surface area contributed by atoms with E-state index in [0.717, 1.165) is 18.8 Å². The van der Waals surface area contributed by atoms with Crippen molar-refractivity contribution in [3.63, 3.8) is 0 Å². The maximum Gasteiger partial charge on any atom is 0.294 e. The molecule has 34 heavy (non-hydrogen) atoms. The number of hydrogen-bond acceptors (Lipinski definition) is 3. The highest BCUT2D eigenvalue weighted by Crippen LogP contribution is 2.15. The molecule has 0 aromatic heterocycles. The zero-order chi connectivity index (χ0) is 25.1. The van der Waals surface area contributed by atoms with Gasteiger partial charge in [0.15, 0.2) is 0 Å². The van der Waals surface area contributed by atoms with Crippen LogP contribution in [0.3, 0.4) is 0 Å². The Morgan fingerprint density at radius 2 is 1.18 bits per heavy atom. The summed E-state index contributed by atoms with van der Waals surface area (Å²) >= 11 is 0. The lowest BCUT2D eigenvalue weighted by atomic mass is 10.0. The lowest BCUT2D eigenvalue weighted by molar-refractivity contribution is -0.917. The third kappa shape index (κ3) is 15.9. The van der Waals surface area contributed by atoms with Gasteiger partial charge in [0, 0.05) is 0 Å². The van der Waals surface area contributed by atoms with Gasteiger partial charge < -0.3 is 9.22 Å². The molecule has 1 aliphatic heterocycles. The Hall–Kier alpha value is -0.950. The van der Waals surface area contributed by atoms with Crippen molar-refractivity contribution in [3.8, 4) is 0 Å². The third-order valence-electron chi connectivity index (χ3n) is 6.92. The average Bonchev–Trinajstić information content (AvgIpc) is 2.80. The first kappa shape index (κ1) is 31.1. The van der Waals surface area contributed by atoms with E-state index in [0.29, 0.717) is 0 Å². The number of morpholine rings is 1. The van der Waals surface area contributed by atoms with Gasteiger partial charge in [0.1, 0.15) is 13.1 Å². The van der Waals surface area contributed by atoms with Crippen molar-refractivity contribution in [2.45, 2.75) is 109 Å². The predicted molar refractivity (Wildman–Crippen MR) is 143 cm³/mol. The Balaban J connectivity index is 0.000000437. The Labute approximate surface area is 210 Å². The molecule has 0 aliphatic carbocycles. The van der Waals surface area contributed by atoms with E-state index < -0.39 is 10.1 Å². The summed E-state index contributed by atoms with van der Waals surface area (Å²) in [5.41, 5.74) is 0.956. The average molecular weight is 499 g/mol. The quantitative estimate of drug-likeness (QED) is 0.149. The van der Waals surface area contributed by atoms with Gasteiger partial charge in [0.05, 0.1) is 31.7 Å². The van der Waals surface area contributed by atoms with Crippen LogP contribution in [-0.2, 0) is 14.9 Å². The van der Waals surface area contributed by atoms with Gasteiger partial charge in [-0.1, -0.05) is 102 Å². The van der Waals surface area contributed by atoms with Gasteiger partial charge >= 0.3 is 0 Å². The molecule has 0 spiro atoms. The molecule has 1 heterocycles. The number of nitrogens with zero attached hydrogens (tertiary/aromatic N) is 1. The Kier molecular flexibility index (Phi) is 16.8. The van der Waals surface area contributed by atoms with E-state index in [1.807, 2.05) is 6.92 Å². The molecule has 0 amide bonds. The molecule has 0 unspecified atom stereocenters.